The van der Waals surface area contributed by atoms with E-state index >= 15 is 0 Å². The van der Waals surface area contributed by atoms with Crippen LogP contribution in [0.4, 0.5) is 4.39 Å². The Kier molecular flexibility index (Phi) is 6.13. The van der Waals surface area contributed by atoms with Crippen LogP contribution in [0.2, 0.25) is 0 Å². The summed E-state index contributed by atoms with van der Waals surface area (Å²) in [5, 5.41) is 10.1. The number of likely N-dealkylation sites (N-methyl/N-ethyl adjacent to an activating group) is 1. The van der Waals surface area contributed by atoms with Crippen LogP contribution in [-0.2, 0) is 4.79 Å². The summed E-state index contributed by atoms with van der Waals surface area (Å²) in [6.07, 6.45) is 6.71. The van der Waals surface area contributed by atoms with Crippen LogP contribution in [0.1, 0.15) is 29.6 Å². The van der Waals surface area contributed by atoms with E-state index in [1.165, 1.54) is 12.1 Å². The number of allylic oxidation sites excluding steroid dienone is 2. The monoisotopic (exact) mass is 413 g/mol. The van der Waals surface area contributed by atoms with Crippen molar-refractivity contribution < 1.29 is 19.1 Å². The molecule has 2 unspecified atom stereocenters. The molecule has 1 N–H and O–H groups in total. The zero-order valence-corrected chi connectivity index (χ0v) is 17.2. The smallest absolute Gasteiger partial charge is 0.196 e. The van der Waals surface area contributed by atoms with E-state index in [1.54, 1.807) is 35.3 Å². The second-order valence-electron chi connectivity index (χ2n) is 8.37. The minimum absolute atomic E-state index is 0.0278. The molecule has 1 aromatic carbocycles. The molecule has 0 spiro atoms. The fourth-order valence-electron chi connectivity index (χ4n) is 4.61. The number of halogens is 1. The first-order chi connectivity index (χ1) is 14.4. The molecule has 0 amide bonds. The number of carbonyl (C=O) groups is 2. The average Bonchev–Trinajstić information content (AvgIpc) is 2.75. The fraction of sp³-hybridized carbons (Fsp3) is 0.478. The molecular weight excluding hydrogens is 385 g/mol. The Bertz CT molecular complexity index is 859. The number of aliphatic hydroxyl groups excluding tert-OH is 1. The molecular formula is C23H28FN3O3. The first-order valence-electron chi connectivity index (χ1n) is 10.5. The maximum absolute atomic E-state index is 13.1. The van der Waals surface area contributed by atoms with Crippen LogP contribution >= 0.6 is 0 Å². The lowest BCUT2D eigenvalue weighted by Crippen LogP contribution is -2.57. The third-order valence-electron chi connectivity index (χ3n) is 6.43. The van der Waals surface area contributed by atoms with Crippen molar-refractivity contribution in [1.82, 2.24) is 14.7 Å². The second kappa shape index (κ2) is 8.79. The van der Waals surface area contributed by atoms with Gasteiger partial charge in [0.15, 0.2) is 11.6 Å². The molecule has 160 valence electrons. The number of rotatable bonds is 5. The molecule has 0 bridgehead atoms. The van der Waals surface area contributed by atoms with Crippen LogP contribution in [0.3, 0.4) is 0 Å². The summed E-state index contributed by atoms with van der Waals surface area (Å²) >= 11 is 0. The fourth-order valence-corrected chi connectivity index (χ4v) is 4.61. The van der Waals surface area contributed by atoms with Gasteiger partial charge in [-0.2, -0.15) is 0 Å². The van der Waals surface area contributed by atoms with Crippen LogP contribution in [0.15, 0.2) is 48.2 Å². The number of hydrogen-bond donors (Lipinski definition) is 1. The van der Waals surface area contributed by atoms with E-state index in [1.807, 2.05) is 11.9 Å². The van der Waals surface area contributed by atoms with Gasteiger partial charge in [-0.3, -0.25) is 14.5 Å². The summed E-state index contributed by atoms with van der Waals surface area (Å²) < 4.78 is 13.1. The van der Waals surface area contributed by atoms with Crippen LogP contribution in [-0.4, -0.2) is 77.0 Å². The minimum atomic E-state index is -0.755. The number of aliphatic hydroxyl groups is 1. The van der Waals surface area contributed by atoms with Gasteiger partial charge in [-0.05, 0) is 75.8 Å². The zero-order valence-electron chi connectivity index (χ0n) is 17.2. The predicted octanol–water partition coefficient (Wildman–Crippen LogP) is 2.03. The molecule has 2 atom stereocenters. The van der Waals surface area contributed by atoms with Crippen molar-refractivity contribution in [2.45, 2.75) is 31.5 Å². The summed E-state index contributed by atoms with van der Waals surface area (Å²) in [4.78, 5) is 31.6. The molecule has 3 aliphatic rings. The van der Waals surface area contributed by atoms with E-state index in [4.69, 9.17) is 0 Å². The molecule has 2 saturated heterocycles. The molecule has 2 fully saturated rings. The van der Waals surface area contributed by atoms with Crippen molar-refractivity contribution in [3.05, 3.63) is 59.6 Å². The largest absolute Gasteiger partial charge is 0.370 e. The maximum atomic E-state index is 13.1. The van der Waals surface area contributed by atoms with E-state index < -0.39 is 6.23 Å². The Balaban J connectivity index is 1.29. The number of hydrogen-bond acceptors (Lipinski definition) is 6. The molecule has 0 radical (unpaired) electrons. The van der Waals surface area contributed by atoms with Gasteiger partial charge < -0.3 is 14.9 Å². The Morgan fingerprint density at radius 1 is 1.20 bits per heavy atom. The van der Waals surface area contributed by atoms with Crippen molar-refractivity contribution in [3.8, 4) is 0 Å². The van der Waals surface area contributed by atoms with Crippen molar-refractivity contribution in [2.75, 3.05) is 33.4 Å². The zero-order chi connectivity index (χ0) is 21.3. The Hall–Kier alpha value is -2.35. The number of fused-ring (bicyclic) bond motifs is 1. The van der Waals surface area contributed by atoms with Crippen LogP contribution in [0, 0.1) is 11.7 Å². The normalized spacial score (nSPS) is 25.9. The van der Waals surface area contributed by atoms with Gasteiger partial charge in [-0.25, -0.2) is 4.39 Å². The van der Waals surface area contributed by atoms with Crippen LogP contribution in [0.25, 0.3) is 0 Å². The standard InChI is InChI=1S/C23H28FN3O3/c1-25-15-27-20(3-2-4-21(27)28)23(30)19(25)11-14-26-12-9-17(10-13-26)22(29)16-5-7-18(24)8-6-16/h2-8,17,19,21,28H,9-15H2,1H3. The van der Waals surface area contributed by atoms with Crippen LogP contribution < -0.4 is 0 Å². The van der Waals surface area contributed by atoms with Crippen molar-refractivity contribution in [2.24, 2.45) is 5.92 Å². The quantitative estimate of drug-likeness (QED) is 0.746. The number of likely N-dealkylation sites (tertiary alicyclic amines) is 1. The number of Topliss-reactive ketones (excluding diaryl/α,β-unsaturated/α-hetero) is 2. The summed E-state index contributed by atoms with van der Waals surface area (Å²) in [5.41, 5.74) is 1.16. The molecule has 3 aliphatic heterocycles. The summed E-state index contributed by atoms with van der Waals surface area (Å²) in [6.45, 7) is 2.95. The molecule has 0 saturated carbocycles. The molecule has 30 heavy (non-hydrogen) atoms. The van der Waals surface area contributed by atoms with Crippen molar-refractivity contribution in [1.29, 1.82) is 0 Å². The first kappa shape index (κ1) is 20.9. The SMILES string of the molecule is CN1CN2C(=CC=CC2O)C(=O)C1CCN1CCC(C(=O)c2ccc(F)cc2)CC1. The maximum Gasteiger partial charge on any atom is 0.196 e. The lowest BCUT2D eigenvalue weighted by molar-refractivity contribution is -0.130. The highest BCUT2D eigenvalue weighted by Crippen LogP contribution is 2.27. The summed E-state index contributed by atoms with van der Waals surface area (Å²) in [7, 11) is 1.91. The highest BCUT2D eigenvalue weighted by molar-refractivity contribution is 6.00. The van der Waals surface area contributed by atoms with Gasteiger partial charge in [0, 0.05) is 18.0 Å². The van der Waals surface area contributed by atoms with E-state index in [0.29, 0.717) is 17.9 Å². The molecule has 0 aliphatic carbocycles. The molecule has 0 aromatic heterocycles. The average molecular weight is 413 g/mol. The summed E-state index contributed by atoms with van der Waals surface area (Å²) in [5.74, 6) is -0.220. The Labute approximate surface area is 176 Å². The number of nitrogens with zero attached hydrogens (tertiary/aromatic N) is 3. The van der Waals surface area contributed by atoms with Gasteiger partial charge >= 0.3 is 0 Å². The minimum Gasteiger partial charge on any atom is -0.370 e. The van der Waals surface area contributed by atoms with E-state index in [2.05, 4.69) is 4.90 Å². The van der Waals surface area contributed by atoms with Crippen LogP contribution in [0.5, 0.6) is 0 Å². The van der Waals surface area contributed by atoms with E-state index in [-0.39, 0.29) is 29.3 Å². The van der Waals surface area contributed by atoms with Crippen molar-refractivity contribution in [3.63, 3.8) is 0 Å². The molecule has 6 nitrogen and oxygen atoms in total. The lowest BCUT2D eigenvalue weighted by atomic mass is 9.88. The molecule has 1 aromatic rings. The van der Waals surface area contributed by atoms with Gasteiger partial charge in [0.25, 0.3) is 0 Å². The summed E-state index contributed by atoms with van der Waals surface area (Å²) in [6, 6.07) is 5.58. The Morgan fingerprint density at radius 2 is 1.90 bits per heavy atom. The predicted molar refractivity (Wildman–Crippen MR) is 111 cm³/mol. The number of piperidine rings is 1. The van der Waals surface area contributed by atoms with Gasteiger partial charge in [0.2, 0.25) is 0 Å². The second-order valence-corrected chi connectivity index (χ2v) is 8.37. The van der Waals surface area contributed by atoms with E-state index in [9.17, 15) is 19.1 Å². The molecule has 4 rings (SSSR count). The number of benzene rings is 1. The van der Waals surface area contributed by atoms with Crippen molar-refractivity contribution >= 4 is 11.6 Å². The third-order valence-corrected chi connectivity index (χ3v) is 6.43. The highest BCUT2D eigenvalue weighted by atomic mass is 19.1. The van der Waals surface area contributed by atoms with Gasteiger partial charge in [0.1, 0.15) is 12.0 Å². The van der Waals surface area contributed by atoms with E-state index in [0.717, 1.165) is 38.9 Å². The van der Waals surface area contributed by atoms with Gasteiger partial charge in [0.05, 0.1) is 18.4 Å². The Morgan fingerprint density at radius 3 is 2.60 bits per heavy atom. The van der Waals surface area contributed by atoms with Gasteiger partial charge in [-0.1, -0.05) is 6.08 Å². The topological polar surface area (TPSA) is 64.1 Å². The number of ketones is 2. The molecule has 3 heterocycles. The third kappa shape index (κ3) is 4.24. The first-order valence-corrected chi connectivity index (χ1v) is 10.5. The number of carbonyl (C=O) groups excluding carboxylic acids is 2. The van der Waals surface area contributed by atoms with Gasteiger partial charge in [-0.15, -0.1) is 0 Å². The molecule has 7 heteroatoms. The highest BCUT2D eigenvalue weighted by Gasteiger charge is 2.38. The lowest BCUT2D eigenvalue weighted by Gasteiger charge is -2.44.